The van der Waals surface area contributed by atoms with Crippen molar-refractivity contribution >= 4 is 74.0 Å². The predicted molar refractivity (Wildman–Crippen MR) is 275 cm³/mol. The van der Waals surface area contributed by atoms with Gasteiger partial charge in [0.15, 0.2) is 5.82 Å². The Morgan fingerprint density at radius 3 is 1.30 bits per heavy atom. The summed E-state index contributed by atoms with van der Waals surface area (Å²) in [7, 11) is -0.568. The molecule has 15 nitrogen and oxygen atoms in total. The van der Waals surface area contributed by atoms with Crippen molar-refractivity contribution < 1.29 is 51.5 Å². The average molecular weight is 1050 g/mol. The molecule has 1 heterocycles. The van der Waals surface area contributed by atoms with E-state index < -0.39 is 34.9 Å². The maximum atomic E-state index is 14.0. The van der Waals surface area contributed by atoms with Crippen molar-refractivity contribution in [2.75, 3.05) is 77.5 Å². The zero-order valence-corrected chi connectivity index (χ0v) is 42.1. The minimum absolute atomic E-state index is 0.00446. The lowest BCUT2D eigenvalue weighted by Gasteiger charge is -2.32. The predicted octanol–water partition coefficient (Wildman–Crippen LogP) is 9.12. The summed E-state index contributed by atoms with van der Waals surface area (Å²) < 4.78 is 78.6. The van der Waals surface area contributed by atoms with Gasteiger partial charge in [-0.25, -0.2) is 22.0 Å². The highest BCUT2D eigenvalue weighted by Gasteiger charge is 2.51. The van der Waals surface area contributed by atoms with Crippen molar-refractivity contribution in [3.8, 4) is 0 Å². The Kier molecular flexibility index (Phi) is 25.2. The van der Waals surface area contributed by atoms with Crippen LogP contribution in [0.15, 0.2) is 95.5 Å². The molecular weight excluding hydrogens is 986 g/mol. The van der Waals surface area contributed by atoms with Gasteiger partial charge >= 0.3 is 7.12 Å². The molecule has 1 aliphatic rings. The molecule has 0 aliphatic carbocycles. The van der Waals surface area contributed by atoms with E-state index in [0.717, 1.165) is 6.07 Å². The Balaban J connectivity index is 0.000000305. The van der Waals surface area contributed by atoms with Crippen LogP contribution in [-0.4, -0.2) is 90.1 Å². The number of nitrogen functional groups attached to an aromatic ring is 2. The summed E-state index contributed by atoms with van der Waals surface area (Å²) in [6.07, 6.45) is 0. The zero-order valence-electron chi connectivity index (χ0n) is 40.5. The first-order chi connectivity index (χ1) is 32.8. The molecule has 5 aromatic rings. The van der Waals surface area contributed by atoms with E-state index in [4.69, 9.17) is 36.1 Å². The molecule has 0 radical (unpaired) electrons. The van der Waals surface area contributed by atoms with Crippen LogP contribution in [0, 0.1) is 39.2 Å². The van der Waals surface area contributed by atoms with Crippen LogP contribution in [0.2, 0.25) is 0 Å². The number of nitrogens with one attached hydrogen (secondary N) is 5. The van der Waals surface area contributed by atoms with Gasteiger partial charge in [-0.1, -0.05) is 22.0 Å². The number of aliphatic hydroxyl groups is 3. The van der Waals surface area contributed by atoms with Crippen LogP contribution in [0.1, 0.15) is 55.4 Å². The number of rotatable bonds is 15. The van der Waals surface area contributed by atoms with Crippen LogP contribution in [0.3, 0.4) is 0 Å². The average Bonchev–Trinajstić information content (AvgIpc) is 3.50. The van der Waals surface area contributed by atoms with Crippen LogP contribution >= 0.6 is 15.9 Å². The number of benzene rings is 5. The lowest BCUT2D eigenvalue weighted by atomic mass is 9.79. The third-order valence-corrected chi connectivity index (χ3v) is 10.3. The molecule has 22 heteroatoms. The van der Waals surface area contributed by atoms with E-state index in [-0.39, 0.29) is 60.7 Å². The highest BCUT2D eigenvalue weighted by molar-refractivity contribution is 9.10. The van der Waals surface area contributed by atoms with E-state index >= 15 is 0 Å². The summed E-state index contributed by atoms with van der Waals surface area (Å²) in [4.78, 5) is 9.68. The Labute approximate surface area is 415 Å². The smallest absolute Gasteiger partial charge is 0.399 e. The number of nitro groups is 1. The molecule has 0 bridgehead atoms. The monoisotopic (exact) mass is 1050 g/mol. The van der Waals surface area contributed by atoms with Gasteiger partial charge in [0.2, 0.25) is 0 Å². The van der Waals surface area contributed by atoms with Gasteiger partial charge < -0.3 is 62.7 Å². The number of nitrogens with zero attached hydrogens (tertiary/aromatic N) is 1. The van der Waals surface area contributed by atoms with Gasteiger partial charge in [-0.2, -0.15) is 0 Å². The lowest BCUT2D eigenvalue weighted by molar-refractivity contribution is -0.385. The second-order valence-corrected chi connectivity index (χ2v) is 17.8. The molecule has 12 N–H and O–H groups in total. The maximum Gasteiger partial charge on any atom is 0.494 e. The number of aliphatic hydroxyl groups excluding tert-OH is 3. The first-order valence-electron chi connectivity index (χ1n) is 22.1. The van der Waals surface area contributed by atoms with Crippen LogP contribution in [0.4, 0.5) is 67.5 Å². The molecular formula is C48H65BBrF5N8O7. The fourth-order valence-corrected chi connectivity index (χ4v) is 6.02. The number of hydrogen-bond donors (Lipinski definition) is 10. The summed E-state index contributed by atoms with van der Waals surface area (Å²) in [5.41, 5.74) is 13.0. The first kappa shape index (κ1) is 60.2. The highest BCUT2D eigenvalue weighted by atomic mass is 79.9. The number of non-ortho nitro benzene ring substituents is 1. The Morgan fingerprint density at radius 2 is 0.943 bits per heavy atom. The fraction of sp³-hybridized carbons (Fsp3) is 0.375. The number of nitro benzene ring substituents is 1. The SMILES string of the molecule is CC(C)Nc1ccc(N)cc1F.CC(C)Nc1ccc([N+](=O)[O-])cc1F.CC1(C)OB(c2ccc(NCCO)c(F)c2)OC1(C)C.Nc1ccc(NCCO)c(F)c1.OCCNc1ccc(Br)cc1F. The molecule has 0 atom stereocenters. The minimum atomic E-state index is -0.623. The van der Waals surface area contributed by atoms with Crippen molar-refractivity contribution in [2.24, 2.45) is 0 Å². The van der Waals surface area contributed by atoms with Crippen LogP contribution in [0.5, 0.6) is 0 Å². The highest BCUT2D eigenvalue weighted by Crippen LogP contribution is 2.36. The van der Waals surface area contributed by atoms with Gasteiger partial charge in [0.25, 0.3) is 5.69 Å². The van der Waals surface area contributed by atoms with Crippen molar-refractivity contribution in [1.29, 1.82) is 0 Å². The Bertz CT molecular complexity index is 2340. The zero-order chi connectivity index (χ0) is 52.8. The largest absolute Gasteiger partial charge is 0.494 e. The Morgan fingerprint density at radius 1 is 0.586 bits per heavy atom. The summed E-state index contributed by atoms with van der Waals surface area (Å²) in [5, 5.41) is 50.1. The van der Waals surface area contributed by atoms with Crippen LogP contribution < -0.4 is 43.5 Å². The molecule has 0 amide bonds. The molecule has 0 aromatic heterocycles. The molecule has 1 aliphatic heterocycles. The molecule has 5 aromatic carbocycles. The molecule has 384 valence electrons. The summed E-state index contributed by atoms with van der Waals surface area (Å²) in [6, 6.07) is 22.4. The molecule has 0 saturated carbocycles. The summed E-state index contributed by atoms with van der Waals surface area (Å²) in [5.74, 6) is -2.01. The lowest BCUT2D eigenvalue weighted by Crippen LogP contribution is -2.41. The van der Waals surface area contributed by atoms with Gasteiger partial charge in [-0.3, -0.25) is 10.1 Å². The van der Waals surface area contributed by atoms with Crippen molar-refractivity contribution in [1.82, 2.24) is 0 Å². The fourth-order valence-electron chi connectivity index (χ4n) is 5.68. The molecule has 0 unspecified atom stereocenters. The van der Waals surface area contributed by atoms with Crippen molar-refractivity contribution in [3.63, 3.8) is 0 Å². The second kappa shape index (κ2) is 29.3. The first-order valence-corrected chi connectivity index (χ1v) is 22.8. The summed E-state index contributed by atoms with van der Waals surface area (Å²) >= 11 is 3.15. The minimum Gasteiger partial charge on any atom is -0.399 e. The topological polar surface area (TPSA) is 234 Å². The number of halogens is 6. The third kappa shape index (κ3) is 20.6. The maximum absolute atomic E-state index is 14.0. The molecule has 70 heavy (non-hydrogen) atoms. The van der Waals surface area contributed by atoms with Crippen molar-refractivity contribution in [2.45, 2.75) is 78.7 Å². The van der Waals surface area contributed by atoms with Gasteiger partial charge in [0.05, 0.1) is 70.4 Å². The van der Waals surface area contributed by atoms with E-state index in [9.17, 15) is 32.1 Å². The third-order valence-electron chi connectivity index (χ3n) is 9.77. The molecule has 6 rings (SSSR count). The molecule has 1 saturated heterocycles. The van der Waals surface area contributed by atoms with E-state index in [1.54, 1.807) is 48.5 Å². The van der Waals surface area contributed by atoms with E-state index in [2.05, 4.69) is 42.5 Å². The summed E-state index contributed by atoms with van der Waals surface area (Å²) in [6.45, 7) is 16.4. The van der Waals surface area contributed by atoms with Crippen LogP contribution in [-0.2, 0) is 9.31 Å². The van der Waals surface area contributed by atoms with E-state index in [1.807, 2.05) is 55.4 Å². The Hall–Kier alpha value is -5.91. The number of hydrogen-bond acceptors (Lipinski definition) is 14. The van der Waals surface area contributed by atoms with E-state index in [0.29, 0.717) is 63.7 Å². The molecule has 1 fully saturated rings. The quantitative estimate of drug-likeness (QED) is 0.0155. The second-order valence-electron chi connectivity index (χ2n) is 16.9. The van der Waals surface area contributed by atoms with Crippen LogP contribution in [0.25, 0.3) is 0 Å². The molecule has 0 spiro atoms. The normalized spacial score (nSPS) is 13.0. The number of anilines is 7. The van der Waals surface area contributed by atoms with Gasteiger partial charge in [-0.05, 0) is 134 Å². The standard InChI is InChI=1S/C14H21BFNO3.C9H11FN2O2.C9H13FN2.C8H9BrFNO.C8H11FN2O/c1-13(2)14(3,4)20-15(19-13)10-5-6-12(11(16)9-10)17-7-8-18;1-6(2)11-9-4-3-7(12(13)14)5-8(9)10;1-6(2)12-9-4-3-7(11)5-8(9)10;9-6-1-2-8(7(10)5-6)11-3-4-12;9-7-5-6(10)1-2-8(7)11-3-4-12/h5-6,9,17-18H,7-8H2,1-4H3;3-6,11H,1-2H3;3-6,12H,11H2,1-2H3;1-2,5,11-12H,3-4H2;1-2,5,11-12H,3-4,10H2. The van der Waals surface area contributed by atoms with Gasteiger partial charge in [-0.15, -0.1) is 0 Å². The van der Waals surface area contributed by atoms with E-state index in [1.165, 1.54) is 36.4 Å². The number of nitrogens with two attached hydrogens (primary N) is 2. The van der Waals surface area contributed by atoms with Crippen molar-refractivity contribution in [3.05, 3.63) is 135 Å². The van der Waals surface area contributed by atoms with Gasteiger partial charge in [0, 0.05) is 53.6 Å². The van der Waals surface area contributed by atoms with Gasteiger partial charge in [0.1, 0.15) is 23.3 Å².